The van der Waals surface area contributed by atoms with Crippen LogP contribution in [0.2, 0.25) is 0 Å². The third-order valence-electron chi connectivity index (χ3n) is 5.35. The summed E-state index contributed by atoms with van der Waals surface area (Å²) in [5, 5.41) is 0. The van der Waals surface area contributed by atoms with Gasteiger partial charge in [-0.2, -0.15) is 4.98 Å². The first kappa shape index (κ1) is 22.3. The van der Waals surface area contributed by atoms with Crippen LogP contribution in [0.4, 0.5) is 0 Å². The van der Waals surface area contributed by atoms with E-state index in [4.69, 9.17) is 14.2 Å². The Morgan fingerprint density at radius 1 is 1.10 bits per heavy atom. The highest BCUT2D eigenvalue weighted by molar-refractivity contribution is 5.68. The molecule has 0 spiro atoms. The summed E-state index contributed by atoms with van der Waals surface area (Å²) in [6.07, 6.45) is 5.15. The van der Waals surface area contributed by atoms with Gasteiger partial charge in [0.25, 0.3) is 5.56 Å². The zero-order valence-corrected chi connectivity index (χ0v) is 18.7. The van der Waals surface area contributed by atoms with Crippen molar-refractivity contribution in [3.8, 4) is 28.5 Å². The minimum Gasteiger partial charge on any atom is -0.495 e. The van der Waals surface area contributed by atoms with E-state index in [0.717, 1.165) is 17.0 Å². The Labute approximate surface area is 181 Å². The molecular formula is C23H28N4O4. The maximum atomic E-state index is 12.1. The molecule has 0 aliphatic heterocycles. The van der Waals surface area contributed by atoms with Crippen LogP contribution in [0, 0.1) is 12.8 Å². The first-order chi connectivity index (χ1) is 14.8. The molecule has 0 bridgehead atoms. The van der Waals surface area contributed by atoms with Crippen LogP contribution in [0.5, 0.6) is 17.4 Å². The highest BCUT2D eigenvalue weighted by Gasteiger charge is 2.19. The Balaban J connectivity index is 1.83. The molecule has 0 aromatic carbocycles. The van der Waals surface area contributed by atoms with Crippen molar-refractivity contribution in [1.29, 1.82) is 0 Å². The van der Waals surface area contributed by atoms with E-state index in [1.807, 2.05) is 19.1 Å². The third kappa shape index (κ3) is 5.02. The summed E-state index contributed by atoms with van der Waals surface area (Å²) in [6.45, 7) is 6.49. The Morgan fingerprint density at radius 3 is 2.52 bits per heavy atom. The van der Waals surface area contributed by atoms with Crippen molar-refractivity contribution in [3.05, 3.63) is 58.7 Å². The summed E-state index contributed by atoms with van der Waals surface area (Å²) in [7, 11) is 4.77. The van der Waals surface area contributed by atoms with E-state index >= 15 is 0 Å². The second-order valence-electron chi connectivity index (χ2n) is 7.55. The van der Waals surface area contributed by atoms with Crippen LogP contribution in [0.15, 0.2) is 41.6 Å². The monoisotopic (exact) mass is 424 g/mol. The highest BCUT2D eigenvalue weighted by atomic mass is 16.5. The van der Waals surface area contributed by atoms with Crippen LogP contribution < -0.4 is 19.8 Å². The number of nitrogens with zero attached hydrogens (tertiary/aromatic N) is 4. The number of aryl methyl sites for hydroxylation is 2. The molecule has 1 unspecified atom stereocenters. The van der Waals surface area contributed by atoms with E-state index in [0.29, 0.717) is 23.9 Å². The van der Waals surface area contributed by atoms with Crippen LogP contribution in [0.1, 0.15) is 31.3 Å². The molecule has 0 radical (unpaired) electrons. The lowest BCUT2D eigenvalue weighted by atomic mass is 9.93. The van der Waals surface area contributed by atoms with Crippen LogP contribution in [0.25, 0.3) is 11.1 Å². The fourth-order valence-corrected chi connectivity index (χ4v) is 3.16. The van der Waals surface area contributed by atoms with E-state index in [9.17, 15) is 4.79 Å². The molecule has 2 atom stereocenters. The zero-order valence-electron chi connectivity index (χ0n) is 18.7. The van der Waals surface area contributed by atoms with E-state index in [-0.39, 0.29) is 23.1 Å². The third-order valence-corrected chi connectivity index (χ3v) is 5.35. The van der Waals surface area contributed by atoms with Crippen molar-refractivity contribution in [2.45, 2.75) is 26.7 Å². The molecular weight excluding hydrogens is 396 g/mol. The topological polar surface area (TPSA) is 88.4 Å². The van der Waals surface area contributed by atoms with Gasteiger partial charge >= 0.3 is 0 Å². The Bertz CT molecular complexity index is 1100. The summed E-state index contributed by atoms with van der Waals surface area (Å²) in [5.74, 6) is 2.41. The predicted molar refractivity (Wildman–Crippen MR) is 118 cm³/mol. The van der Waals surface area contributed by atoms with Crippen molar-refractivity contribution >= 4 is 0 Å². The molecule has 3 aromatic heterocycles. The molecule has 31 heavy (non-hydrogen) atoms. The normalized spacial score (nSPS) is 12.8. The number of hydrogen-bond acceptors (Lipinski definition) is 7. The lowest BCUT2D eigenvalue weighted by Gasteiger charge is -2.21. The number of rotatable bonds is 8. The summed E-state index contributed by atoms with van der Waals surface area (Å²) in [6, 6.07) is 5.55. The van der Waals surface area contributed by atoms with E-state index in [1.165, 1.54) is 11.7 Å². The zero-order chi connectivity index (χ0) is 22.5. The smallest absolute Gasteiger partial charge is 0.292 e. The number of methoxy groups -OCH3 is 2. The van der Waals surface area contributed by atoms with Gasteiger partial charge in [0.05, 0.1) is 32.6 Å². The van der Waals surface area contributed by atoms with Gasteiger partial charge in [-0.05, 0) is 31.0 Å². The quantitative estimate of drug-likeness (QED) is 0.548. The van der Waals surface area contributed by atoms with Gasteiger partial charge < -0.3 is 18.8 Å². The summed E-state index contributed by atoms with van der Waals surface area (Å²) in [5.41, 5.74) is 2.20. The van der Waals surface area contributed by atoms with Crippen molar-refractivity contribution in [3.63, 3.8) is 0 Å². The van der Waals surface area contributed by atoms with E-state index in [2.05, 4.69) is 28.8 Å². The molecule has 0 saturated carbocycles. The van der Waals surface area contributed by atoms with Gasteiger partial charge in [0.2, 0.25) is 5.88 Å². The first-order valence-electron chi connectivity index (χ1n) is 10.1. The van der Waals surface area contributed by atoms with Crippen LogP contribution in [-0.4, -0.2) is 40.3 Å². The standard InChI is InChI=1S/C23H28N4O4/c1-14(15(2)20-8-7-18(29-5)10-25-20)13-31-22-19(11-24-16(3)26-22)17-9-21(30-6)23(28)27(4)12-17/h7-12,14-15H,13H2,1-6H3/t14?,15-/m0/s1. The summed E-state index contributed by atoms with van der Waals surface area (Å²) >= 11 is 0. The van der Waals surface area contributed by atoms with Gasteiger partial charge in [0, 0.05) is 36.6 Å². The van der Waals surface area contributed by atoms with E-state index in [1.54, 1.807) is 38.8 Å². The van der Waals surface area contributed by atoms with Gasteiger partial charge in [-0.1, -0.05) is 13.8 Å². The Kier molecular flexibility index (Phi) is 6.89. The maximum absolute atomic E-state index is 12.1. The number of aromatic nitrogens is 4. The fourth-order valence-electron chi connectivity index (χ4n) is 3.16. The predicted octanol–water partition coefficient (Wildman–Crippen LogP) is 3.38. The van der Waals surface area contributed by atoms with Crippen molar-refractivity contribution < 1.29 is 14.2 Å². The largest absolute Gasteiger partial charge is 0.495 e. The van der Waals surface area contributed by atoms with Crippen LogP contribution in [0.3, 0.4) is 0 Å². The highest BCUT2D eigenvalue weighted by Crippen LogP contribution is 2.30. The van der Waals surface area contributed by atoms with Crippen LogP contribution >= 0.6 is 0 Å². The molecule has 3 rings (SSSR count). The molecule has 0 aliphatic rings. The minimum atomic E-state index is -0.212. The molecule has 0 N–H and O–H groups in total. The Hall–Kier alpha value is -3.42. The summed E-state index contributed by atoms with van der Waals surface area (Å²) < 4.78 is 18.0. The lowest BCUT2D eigenvalue weighted by molar-refractivity contribution is 0.233. The number of ether oxygens (including phenoxy) is 3. The number of hydrogen-bond donors (Lipinski definition) is 0. The molecule has 3 heterocycles. The molecule has 164 valence electrons. The average Bonchev–Trinajstić information content (AvgIpc) is 2.78. The lowest BCUT2D eigenvalue weighted by Crippen LogP contribution is -2.19. The summed E-state index contributed by atoms with van der Waals surface area (Å²) in [4.78, 5) is 25.4. The van der Waals surface area contributed by atoms with Gasteiger partial charge in [0.15, 0.2) is 5.75 Å². The molecule has 8 heteroatoms. The maximum Gasteiger partial charge on any atom is 0.292 e. The molecule has 0 saturated heterocycles. The minimum absolute atomic E-state index is 0.176. The first-order valence-corrected chi connectivity index (χ1v) is 10.1. The molecule has 8 nitrogen and oxygen atoms in total. The van der Waals surface area contributed by atoms with Crippen molar-refractivity contribution in [2.75, 3.05) is 20.8 Å². The molecule has 0 amide bonds. The van der Waals surface area contributed by atoms with Gasteiger partial charge in [-0.15, -0.1) is 0 Å². The molecule has 0 fully saturated rings. The Morgan fingerprint density at radius 2 is 1.87 bits per heavy atom. The van der Waals surface area contributed by atoms with Gasteiger partial charge in [-0.3, -0.25) is 9.78 Å². The average molecular weight is 425 g/mol. The van der Waals surface area contributed by atoms with Crippen LogP contribution in [-0.2, 0) is 7.05 Å². The number of pyridine rings is 2. The molecule has 3 aromatic rings. The van der Waals surface area contributed by atoms with Gasteiger partial charge in [0.1, 0.15) is 11.6 Å². The second-order valence-corrected chi connectivity index (χ2v) is 7.55. The fraction of sp³-hybridized carbons (Fsp3) is 0.391. The second kappa shape index (κ2) is 9.59. The molecule has 0 aliphatic carbocycles. The van der Waals surface area contributed by atoms with Gasteiger partial charge in [-0.25, -0.2) is 4.98 Å². The van der Waals surface area contributed by atoms with E-state index < -0.39 is 0 Å². The van der Waals surface area contributed by atoms with Crippen molar-refractivity contribution in [2.24, 2.45) is 13.0 Å². The SMILES string of the molecule is COc1ccc([C@@H](C)C(C)COc2nc(C)ncc2-c2cc(OC)c(=O)n(C)c2)nc1. The van der Waals surface area contributed by atoms with Crippen molar-refractivity contribution in [1.82, 2.24) is 19.5 Å².